The molecule has 1 N–H and O–H groups in total. The molecule has 1 aromatic rings. The van der Waals surface area contributed by atoms with E-state index in [9.17, 15) is 9.50 Å². The van der Waals surface area contributed by atoms with E-state index in [1.54, 1.807) is 12.1 Å². The molecule has 1 aliphatic rings. The lowest BCUT2D eigenvalue weighted by Gasteiger charge is -2.30. The van der Waals surface area contributed by atoms with Crippen molar-refractivity contribution in [1.82, 2.24) is 0 Å². The van der Waals surface area contributed by atoms with Gasteiger partial charge in [-0.3, -0.25) is 0 Å². The van der Waals surface area contributed by atoms with Crippen molar-refractivity contribution in [2.75, 3.05) is 0 Å². The quantitative estimate of drug-likeness (QED) is 0.872. The van der Waals surface area contributed by atoms with Crippen LogP contribution in [-0.4, -0.2) is 11.2 Å². The second-order valence-electron chi connectivity index (χ2n) is 5.50. The van der Waals surface area contributed by atoms with Gasteiger partial charge in [-0.1, -0.05) is 43.5 Å². The third-order valence-electron chi connectivity index (χ3n) is 4.07. The Labute approximate surface area is 113 Å². The number of halogens is 2. The van der Waals surface area contributed by atoms with Crippen molar-refractivity contribution < 1.29 is 9.50 Å². The van der Waals surface area contributed by atoms with Crippen LogP contribution in [-0.2, 0) is 6.42 Å². The van der Waals surface area contributed by atoms with Crippen LogP contribution in [0.1, 0.15) is 38.2 Å². The summed E-state index contributed by atoms with van der Waals surface area (Å²) in [5.74, 6) is 0.699. The minimum Gasteiger partial charge on any atom is -0.392 e. The SMILES string of the molecule is CC1CCC(C(O)Cc2cccc(F)c2Cl)CC1. The maximum Gasteiger partial charge on any atom is 0.142 e. The molecule has 1 aromatic carbocycles. The predicted octanol–water partition coefficient (Wildman–Crippen LogP) is 4.21. The van der Waals surface area contributed by atoms with Gasteiger partial charge in [-0.2, -0.15) is 0 Å². The minimum atomic E-state index is -0.406. The molecule has 0 saturated heterocycles. The van der Waals surface area contributed by atoms with Gasteiger partial charge >= 0.3 is 0 Å². The smallest absolute Gasteiger partial charge is 0.142 e. The normalized spacial score (nSPS) is 26.0. The van der Waals surface area contributed by atoms with Gasteiger partial charge < -0.3 is 5.11 Å². The van der Waals surface area contributed by atoms with Crippen molar-refractivity contribution in [3.63, 3.8) is 0 Å². The van der Waals surface area contributed by atoms with Gasteiger partial charge in [0, 0.05) is 6.42 Å². The van der Waals surface area contributed by atoms with Crippen LogP contribution in [0.15, 0.2) is 18.2 Å². The van der Waals surface area contributed by atoms with Crippen LogP contribution in [0.2, 0.25) is 5.02 Å². The van der Waals surface area contributed by atoms with Gasteiger partial charge in [0.15, 0.2) is 0 Å². The summed E-state index contributed by atoms with van der Waals surface area (Å²) in [4.78, 5) is 0. The molecule has 0 bridgehead atoms. The molecule has 0 aliphatic heterocycles. The fourth-order valence-corrected chi connectivity index (χ4v) is 2.97. The van der Waals surface area contributed by atoms with Crippen LogP contribution in [0.5, 0.6) is 0 Å². The highest BCUT2D eigenvalue weighted by Crippen LogP contribution is 2.32. The van der Waals surface area contributed by atoms with Gasteiger partial charge in [-0.15, -0.1) is 0 Å². The van der Waals surface area contributed by atoms with Crippen LogP contribution >= 0.6 is 11.6 Å². The van der Waals surface area contributed by atoms with Crippen molar-refractivity contribution in [2.24, 2.45) is 11.8 Å². The fraction of sp³-hybridized carbons (Fsp3) is 0.600. The molecule has 1 saturated carbocycles. The zero-order valence-electron chi connectivity index (χ0n) is 10.7. The Morgan fingerprint density at radius 2 is 2.00 bits per heavy atom. The maximum atomic E-state index is 13.3. The Morgan fingerprint density at radius 3 is 2.67 bits per heavy atom. The van der Waals surface area contributed by atoms with Crippen molar-refractivity contribution in [3.8, 4) is 0 Å². The summed E-state index contributed by atoms with van der Waals surface area (Å²) in [6.45, 7) is 2.26. The number of aliphatic hydroxyl groups is 1. The molecule has 2 rings (SSSR count). The summed E-state index contributed by atoms with van der Waals surface area (Å²) in [5.41, 5.74) is 0.711. The number of rotatable bonds is 3. The number of hydrogen-bond acceptors (Lipinski definition) is 1. The van der Waals surface area contributed by atoms with Crippen LogP contribution in [0, 0.1) is 17.7 Å². The average molecular weight is 271 g/mol. The van der Waals surface area contributed by atoms with Crippen molar-refractivity contribution >= 4 is 11.6 Å². The largest absolute Gasteiger partial charge is 0.392 e. The summed E-state index contributed by atoms with van der Waals surface area (Å²) in [7, 11) is 0. The molecule has 1 aliphatic carbocycles. The van der Waals surface area contributed by atoms with Crippen LogP contribution < -0.4 is 0 Å². The third kappa shape index (κ3) is 3.24. The Balaban J connectivity index is 1.98. The van der Waals surface area contributed by atoms with Crippen LogP contribution in [0.4, 0.5) is 4.39 Å². The Bertz CT molecular complexity index is 399. The summed E-state index contributed by atoms with van der Waals surface area (Å²) in [6.07, 6.45) is 4.54. The van der Waals surface area contributed by atoms with Gasteiger partial charge in [0.05, 0.1) is 11.1 Å². The molecule has 3 heteroatoms. The van der Waals surface area contributed by atoms with E-state index in [0.29, 0.717) is 17.9 Å². The van der Waals surface area contributed by atoms with Crippen molar-refractivity contribution in [2.45, 2.75) is 45.1 Å². The first kappa shape index (κ1) is 13.8. The molecule has 1 nitrogen and oxygen atoms in total. The topological polar surface area (TPSA) is 20.2 Å². The highest BCUT2D eigenvalue weighted by molar-refractivity contribution is 6.31. The molecular weight excluding hydrogens is 251 g/mol. The van der Waals surface area contributed by atoms with Gasteiger partial charge in [0.2, 0.25) is 0 Å². The molecule has 1 atom stereocenters. The highest BCUT2D eigenvalue weighted by Gasteiger charge is 2.25. The standard InChI is InChI=1S/C15H20ClFO/c1-10-5-7-11(8-6-10)14(18)9-12-3-2-4-13(17)15(12)16/h2-4,10-11,14,18H,5-9H2,1H3. The number of benzene rings is 1. The van der Waals surface area contributed by atoms with E-state index in [4.69, 9.17) is 11.6 Å². The van der Waals surface area contributed by atoms with E-state index >= 15 is 0 Å². The Hall–Kier alpha value is -0.600. The Kier molecular flexibility index (Phi) is 4.63. The molecule has 1 fully saturated rings. The average Bonchev–Trinajstić information content (AvgIpc) is 2.36. The highest BCUT2D eigenvalue weighted by atomic mass is 35.5. The summed E-state index contributed by atoms with van der Waals surface area (Å²) in [5, 5.41) is 10.4. The summed E-state index contributed by atoms with van der Waals surface area (Å²) >= 11 is 5.91. The molecule has 0 aromatic heterocycles. The van der Waals surface area contributed by atoms with E-state index in [0.717, 1.165) is 18.8 Å². The first-order valence-corrected chi connectivity index (χ1v) is 7.06. The zero-order valence-corrected chi connectivity index (χ0v) is 11.5. The first-order valence-electron chi connectivity index (χ1n) is 6.69. The molecule has 0 spiro atoms. The van der Waals surface area contributed by atoms with Gasteiger partial charge in [-0.05, 0) is 36.3 Å². The minimum absolute atomic E-state index is 0.153. The zero-order chi connectivity index (χ0) is 13.1. The van der Waals surface area contributed by atoms with Gasteiger partial charge in [-0.25, -0.2) is 4.39 Å². The van der Waals surface area contributed by atoms with Crippen LogP contribution in [0.3, 0.4) is 0 Å². The number of hydrogen-bond donors (Lipinski definition) is 1. The lowest BCUT2D eigenvalue weighted by Crippen LogP contribution is -2.27. The Morgan fingerprint density at radius 1 is 1.33 bits per heavy atom. The predicted molar refractivity (Wildman–Crippen MR) is 72.2 cm³/mol. The second-order valence-corrected chi connectivity index (χ2v) is 5.88. The lowest BCUT2D eigenvalue weighted by molar-refractivity contribution is 0.0760. The molecule has 18 heavy (non-hydrogen) atoms. The molecule has 100 valence electrons. The van der Waals surface area contributed by atoms with Gasteiger partial charge in [0.1, 0.15) is 5.82 Å². The van der Waals surface area contributed by atoms with Gasteiger partial charge in [0.25, 0.3) is 0 Å². The third-order valence-corrected chi connectivity index (χ3v) is 4.49. The summed E-state index contributed by atoms with van der Waals surface area (Å²) < 4.78 is 13.3. The fourth-order valence-electron chi connectivity index (χ4n) is 2.77. The molecule has 0 radical (unpaired) electrons. The molecule has 1 unspecified atom stereocenters. The lowest BCUT2D eigenvalue weighted by atomic mass is 9.79. The van der Waals surface area contributed by atoms with E-state index in [1.807, 2.05) is 0 Å². The van der Waals surface area contributed by atoms with Crippen molar-refractivity contribution in [1.29, 1.82) is 0 Å². The molecular formula is C15H20ClFO. The molecule has 0 amide bonds. The monoisotopic (exact) mass is 270 g/mol. The van der Waals surface area contributed by atoms with Crippen molar-refractivity contribution in [3.05, 3.63) is 34.6 Å². The summed E-state index contributed by atoms with van der Waals surface area (Å²) in [6, 6.07) is 4.78. The second kappa shape index (κ2) is 6.03. The van der Waals surface area contributed by atoms with E-state index in [1.165, 1.54) is 18.9 Å². The van der Waals surface area contributed by atoms with Crippen LogP contribution in [0.25, 0.3) is 0 Å². The molecule has 0 heterocycles. The van der Waals surface area contributed by atoms with E-state index in [-0.39, 0.29) is 5.02 Å². The van der Waals surface area contributed by atoms with E-state index < -0.39 is 11.9 Å². The maximum absolute atomic E-state index is 13.3. The number of aliphatic hydroxyl groups excluding tert-OH is 1. The van der Waals surface area contributed by atoms with E-state index in [2.05, 4.69) is 6.92 Å². The first-order chi connectivity index (χ1) is 8.58.